The number of hydrogen-bond donors (Lipinski definition) is 0. The summed E-state index contributed by atoms with van der Waals surface area (Å²) in [6.07, 6.45) is 6.65. The maximum Gasteiger partial charge on any atom is 0.237 e. The van der Waals surface area contributed by atoms with Gasteiger partial charge in [0.1, 0.15) is 5.75 Å². The van der Waals surface area contributed by atoms with E-state index in [4.69, 9.17) is 9.47 Å². The van der Waals surface area contributed by atoms with Crippen molar-refractivity contribution in [1.29, 1.82) is 0 Å². The highest BCUT2D eigenvalue weighted by molar-refractivity contribution is 7.91. The number of sulfone groups is 1. The molecule has 0 N–H and O–H groups in total. The highest BCUT2D eigenvalue weighted by Gasteiger charge is 2.43. The maximum absolute atomic E-state index is 12.0. The Morgan fingerprint density at radius 2 is 1.96 bits per heavy atom. The Morgan fingerprint density at radius 3 is 2.57 bits per heavy atom. The fourth-order valence-corrected chi connectivity index (χ4v) is 4.18. The second kappa shape index (κ2) is 6.69. The lowest BCUT2D eigenvalue weighted by Crippen LogP contribution is -2.45. The van der Waals surface area contributed by atoms with Crippen molar-refractivity contribution in [3.63, 3.8) is 0 Å². The Hall–Kier alpha value is -0.660. The Balaban J connectivity index is 1.42. The van der Waals surface area contributed by atoms with Gasteiger partial charge >= 0.3 is 0 Å². The molecule has 0 aromatic carbocycles. The second-order valence-corrected chi connectivity index (χ2v) is 9.71. The van der Waals surface area contributed by atoms with Crippen LogP contribution in [0.2, 0.25) is 0 Å². The first-order valence-electron chi connectivity index (χ1n) is 8.50. The molecule has 0 unspecified atom stereocenters. The van der Waals surface area contributed by atoms with E-state index in [1.54, 1.807) is 4.90 Å². The fraction of sp³-hybridized carbons (Fsp3) is 0.938. The topological polar surface area (TPSA) is 72.9 Å². The van der Waals surface area contributed by atoms with E-state index in [0.29, 0.717) is 19.7 Å². The van der Waals surface area contributed by atoms with Crippen LogP contribution in [0.5, 0.6) is 0 Å². The number of hydrogen-bond acceptors (Lipinski definition) is 5. The van der Waals surface area contributed by atoms with Crippen molar-refractivity contribution in [1.82, 2.24) is 4.90 Å². The van der Waals surface area contributed by atoms with Crippen LogP contribution in [0.25, 0.3) is 0 Å². The minimum absolute atomic E-state index is 0.148. The summed E-state index contributed by atoms with van der Waals surface area (Å²) >= 11 is 0. The van der Waals surface area contributed by atoms with Gasteiger partial charge in [0.25, 0.3) is 0 Å². The van der Waals surface area contributed by atoms with Crippen LogP contribution in [-0.4, -0.2) is 70.2 Å². The van der Waals surface area contributed by atoms with Crippen molar-refractivity contribution in [2.75, 3.05) is 44.9 Å². The molecule has 6 nitrogen and oxygen atoms in total. The summed E-state index contributed by atoms with van der Waals surface area (Å²) in [5.41, 5.74) is 0.148. The van der Waals surface area contributed by atoms with Crippen LogP contribution in [0.3, 0.4) is 0 Å². The summed E-state index contributed by atoms with van der Waals surface area (Å²) in [4.78, 5) is 13.7. The van der Waals surface area contributed by atoms with Crippen LogP contribution >= 0.6 is 0 Å². The molecule has 0 bridgehead atoms. The van der Waals surface area contributed by atoms with Crippen molar-refractivity contribution in [2.45, 2.75) is 38.2 Å². The molecule has 3 fully saturated rings. The normalized spacial score (nSPS) is 27.5. The van der Waals surface area contributed by atoms with Gasteiger partial charge in [-0.3, -0.25) is 4.79 Å². The zero-order chi connectivity index (χ0) is 16.5. The Bertz CT molecular complexity index is 535. The molecule has 23 heavy (non-hydrogen) atoms. The smallest absolute Gasteiger partial charge is 0.237 e. The van der Waals surface area contributed by atoms with Crippen molar-refractivity contribution in [2.24, 2.45) is 11.3 Å². The van der Waals surface area contributed by atoms with E-state index in [1.165, 1.54) is 12.8 Å². The van der Waals surface area contributed by atoms with Crippen LogP contribution in [0, 0.1) is 11.3 Å². The molecule has 0 aromatic rings. The first-order chi connectivity index (χ1) is 10.9. The monoisotopic (exact) mass is 345 g/mol. The zero-order valence-electron chi connectivity index (χ0n) is 13.8. The largest absolute Gasteiger partial charge is 0.378 e. The Morgan fingerprint density at radius 1 is 1.26 bits per heavy atom. The molecular formula is C16H27NO5S. The highest BCUT2D eigenvalue weighted by atomic mass is 32.2. The molecule has 0 radical (unpaired) electrons. The molecule has 2 aliphatic heterocycles. The molecule has 1 aliphatic carbocycles. The Kier molecular flexibility index (Phi) is 4.99. The molecule has 1 atom stereocenters. The van der Waals surface area contributed by atoms with E-state index >= 15 is 0 Å². The van der Waals surface area contributed by atoms with Gasteiger partial charge in [-0.05, 0) is 43.4 Å². The molecule has 0 aromatic heterocycles. The van der Waals surface area contributed by atoms with Crippen LogP contribution in [0.15, 0.2) is 0 Å². The number of piperidine rings is 1. The summed E-state index contributed by atoms with van der Waals surface area (Å²) in [5, 5.41) is 0. The van der Waals surface area contributed by atoms with Gasteiger partial charge in [-0.2, -0.15) is 0 Å². The van der Waals surface area contributed by atoms with Gasteiger partial charge in [0.2, 0.25) is 5.91 Å². The van der Waals surface area contributed by atoms with Gasteiger partial charge < -0.3 is 14.4 Å². The highest BCUT2D eigenvalue weighted by Crippen LogP contribution is 2.42. The number of amides is 1. The summed E-state index contributed by atoms with van der Waals surface area (Å²) in [6.45, 7) is 3.54. The van der Waals surface area contributed by atoms with Gasteiger partial charge in [-0.25, -0.2) is 8.42 Å². The molecule has 2 saturated heterocycles. The fourth-order valence-electron chi connectivity index (χ4n) is 3.55. The number of rotatable bonds is 6. The molecule has 1 saturated carbocycles. The van der Waals surface area contributed by atoms with Crippen LogP contribution < -0.4 is 0 Å². The summed E-state index contributed by atoms with van der Waals surface area (Å²) < 4.78 is 34.1. The van der Waals surface area contributed by atoms with E-state index in [-0.39, 0.29) is 23.2 Å². The van der Waals surface area contributed by atoms with Crippen LogP contribution in [-0.2, 0) is 24.1 Å². The lowest BCUT2D eigenvalue weighted by atomic mass is 9.76. The first-order valence-corrected chi connectivity index (χ1v) is 10.6. The summed E-state index contributed by atoms with van der Waals surface area (Å²) in [6, 6.07) is 0. The van der Waals surface area contributed by atoms with E-state index in [9.17, 15) is 13.2 Å². The summed E-state index contributed by atoms with van der Waals surface area (Å²) in [5.74, 6) is 0.119. The summed E-state index contributed by atoms with van der Waals surface area (Å²) in [7, 11) is -3.25. The molecule has 1 amide bonds. The number of ether oxygens (including phenoxy) is 2. The van der Waals surface area contributed by atoms with Gasteiger partial charge in [0.05, 0.1) is 19.3 Å². The van der Waals surface area contributed by atoms with Crippen molar-refractivity contribution >= 4 is 15.7 Å². The lowest BCUT2D eigenvalue weighted by molar-refractivity contribution is -0.130. The standard InChI is InChI=1S/C16H27NO5S/c1-23(19,20)11-15(18)17-6-4-16(5-7-17)8-14(22-12-16)10-21-9-13-2-3-13/h13-14H,2-12H2,1H3/t14-/m0/s1. The molecule has 7 heteroatoms. The number of nitrogens with zero attached hydrogens (tertiary/aromatic N) is 1. The van der Waals surface area contributed by atoms with Gasteiger partial charge in [0.15, 0.2) is 9.84 Å². The molecule has 3 rings (SSSR count). The molecular weight excluding hydrogens is 318 g/mol. The van der Waals surface area contributed by atoms with Crippen LogP contribution in [0.1, 0.15) is 32.1 Å². The van der Waals surface area contributed by atoms with E-state index < -0.39 is 9.84 Å². The lowest BCUT2D eigenvalue weighted by Gasteiger charge is -2.38. The quantitative estimate of drug-likeness (QED) is 0.714. The molecule has 2 heterocycles. The molecule has 1 spiro atoms. The number of carbonyl (C=O) groups excluding carboxylic acids is 1. The molecule has 132 valence electrons. The van der Waals surface area contributed by atoms with Gasteiger partial charge in [-0.1, -0.05) is 0 Å². The van der Waals surface area contributed by atoms with E-state index in [2.05, 4.69) is 0 Å². The van der Waals surface area contributed by atoms with Crippen molar-refractivity contribution in [3.05, 3.63) is 0 Å². The predicted octanol–water partition coefficient (Wildman–Crippen LogP) is 0.855. The van der Waals surface area contributed by atoms with Gasteiger partial charge in [-0.15, -0.1) is 0 Å². The number of likely N-dealkylation sites (tertiary alicyclic amines) is 1. The SMILES string of the molecule is CS(=O)(=O)CC(=O)N1CCC2(CC1)CO[C@H](COCC1CC1)C2. The van der Waals surface area contributed by atoms with Crippen LogP contribution in [0.4, 0.5) is 0 Å². The van der Waals surface area contributed by atoms with E-state index in [0.717, 1.165) is 44.6 Å². The second-order valence-electron chi connectivity index (χ2n) is 7.57. The average molecular weight is 345 g/mol. The van der Waals surface area contributed by atoms with Crippen molar-refractivity contribution in [3.8, 4) is 0 Å². The Labute approximate surface area is 138 Å². The van der Waals surface area contributed by atoms with Crippen molar-refractivity contribution < 1.29 is 22.7 Å². The molecule has 3 aliphatic rings. The minimum Gasteiger partial charge on any atom is -0.378 e. The number of carbonyl (C=O) groups is 1. The van der Waals surface area contributed by atoms with E-state index in [1.807, 2.05) is 0 Å². The zero-order valence-corrected chi connectivity index (χ0v) is 14.6. The third-order valence-electron chi connectivity index (χ3n) is 5.20. The van der Waals surface area contributed by atoms with Gasteiger partial charge in [0, 0.05) is 26.0 Å². The third kappa shape index (κ3) is 4.90. The predicted molar refractivity (Wildman–Crippen MR) is 85.9 cm³/mol. The first kappa shape index (κ1) is 17.2. The minimum atomic E-state index is -3.25. The average Bonchev–Trinajstić information content (AvgIpc) is 3.20. The third-order valence-corrected chi connectivity index (χ3v) is 5.97. The maximum atomic E-state index is 12.0.